The molecule has 2 atom stereocenters. The van der Waals surface area contributed by atoms with E-state index in [1.54, 1.807) is 36.4 Å². The van der Waals surface area contributed by atoms with E-state index in [2.05, 4.69) is 5.32 Å². The molecule has 8 nitrogen and oxygen atoms in total. The molecule has 1 N–H and O–H groups in total. The first kappa shape index (κ1) is 21.5. The molecule has 0 radical (unpaired) electrons. The van der Waals surface area contributed by atoms with Crippen molar-refractivity contribution in [2.45, 2.75) is 43.2 Å². The highest BCUT2D eigenvalue weighted by molar-refractivity contribution is 8.02. The lowest BCUT2D eigenvalue weighted by molar-refractivity contribution is -0.139. The van der Waals surface area contributed by atoms with Crippen LogP contribution in [-0.4, -0.2) is 45.7 Å². The third-order valence-corrected chi connectivity index (χ3v) is 7.35. The van der Waals surface area contributed by atoms with E-state index in [0.717, 1.165) is 11.1 Å². The maximum atomic E-state index is 13.1. The summed E-state index contributed by atoms with van der Waals surface area (Å²) in [5, 5.41) is 2.09. The van der Waals surface area contributed by atoms with E-state index >= 15 is 0 Å². The van der Waals surface area contributed by atoms with Gasteiger partial charge < -0.3 is 14.8 Å². The number of rotatable bonds is 4. The SMILES string of the molecule is C[C@@H]1S[C@@H](C(=O)Nc2ccc(CN3C(=O)CCC3=O)cc2)Cc2cc3c(cc2C1=O)OCO3. The van der Waals surface area contributed by atoms with Gasteiger partial charge in [0.1, 0.15) is 0 Å². The number of fused-ring (bicyclic) bond motifs is 2. The average molecular weight is 467 g/mol. The number of nitrogens with zero attached hydrogens (tertiary/aromatic N) is 1. The van der Waals surface area contributed by atoms with Crippen LogP contribution in [0.25, 0.3) is 0 Å². The van der Waals surface area contributed by atoms with Crippen molar-refractivity contribution in [3.63, 3.8) is 0 Å². The summed E-state index contributed by atoms with van der Waals surface area (Å²) in [4.78, 5) is 50.8. The van der Waals surface area contributed by atoms with Gasteiger partial charge in [0.05, 0.1) is 17.0 Å². The number of benzene rings is 2. The van der Waals surface area contributed by atoms with Gasteiger partial charge >= 0.3 is 0 Å². The fourth-order valence-electron chi connectivity index (χ4n) is 4.21. The standard InChI is InChI=1S/C24H22N2O6S/c1-13-23(29)17-10-19-18(31-12-32-19)8-15(17)9-20(33-13)24(30)25-16-4-2-14(3-5-16)11-26-21(27)6-7-22(26)28/h2-5,8,10,13,20H,6-7,9,11-12H2,1H3,(H,25,30)/t13-,20+/m0/s1. The number of carbonyl (C=O) groups is 4. The molecule has 33 heavy (non-hydrogen) atoms. The lowest BCUT2D eigenvalue weighted by Gasteiger charge is -2.17. The Hall–Kier alpha value is -3.33. The summed E-state index contributed by atoms with van der Waals surface area (Å²) in [5.41, 5.74) is 2.77. The van der Waals surface area contributed by atoms with Crippen molar-refractivity contribution in [2.24, 2.45) is 0 Å². The summed E-state index contributed by atoms with van der Waals surface area (Å²) in [5.74, 6) is 0.607. The van der Waals surface area contributed by atoms with Crippen LogP contribution >= 0.6 is 11.8 Å². The molecule has 3 aliphatic heterocycles. The van der Waals surface area contributed by atoms with E-state index in [1.807, 2.05) is 6.92 Å². The van der Waals surface area contributed by atoms with Crippen molar-refractivity contribution in [3.8, 4) is 11.5 Å². The second kappa shape index (κ2) is 8.55. The van der Waals surface area contributed by atoms with E-state index in [-0.39, 0.29) is 54.9 Å². The Morgan fingerprint density at radius 3 is 2.42 bits per heavy atom. The van der Waals surface area contributed by atoms with Crippen molar-refractivity contribution in [1.82, 2.24) is 4.90 Å². The Morgan fingerprint density at radius 1 is 1.06 bits per heavy atom. The van der Waals surface area contributed by atoms with Crippen molar-refractivity contribution in [1.29, 1.82) is 0 Å². The van der Waals surface area contributed by atoms with Crippen molar-refractivity contribution < 1.29 is 28.7 Å². The minimum Gasteiger partial charge on any atom is -0.454 e. The van der Waals surface area contributed by atoms with Gasteiger partial charge in [0.25, 0.3) is 0 Å². The zero-order chi connectivity index (χ0) is 23.1. The van der Waals surface area contributed by atoms with E-state index < -0.39 is 5.25 Å². The second-order valence-corrected chi connectivity index (χ2v) is 9.81. The number of nitrogens with one attached hydrogen (secondary N) is 1. The fourth-order valence-corrected chi connectivity index (χ4v) is 5.41. The number of hydrogen-bond donors (Lipinski definition) is 1. The number of amides is 3. The minimum atomic E-state index is -0.454. The highest BCUT2D eigenvalue weighted by atomic mass is 32.2. The lowest BCUT2D eigenvalue weighted by atomic mass is 9.97. The Morgan fingerprint density at radius 2 is 1.73 bits per heavy atom. The summed E-state index contributed by atoms with van der Waals surface area (Å²) < 4.78 is 10.8. The van der Waals surface area contributed by atoms with Gasteiger partial charge in [-0.1, -0.05) is 12.1 Å². The molecule has 0 spiro atoms. The van der Waals surface area contributed by atoms with Crippen LogP contribution < -0.4 is 14.8 Å². The number of thioether (sulfide) groups is 1. The highest BCUT2D eigenvalue weighted by Gasteiger charge is 2.34. The molecule has 0 unspecified atom stereocenters. The third kappa shape index (κ3) is 4.20. The van der Waals surface area contributed by atoms with Gasteiger partial charge in [-0.05, 0) is 48.7 Å². The second-order valence-electron chi connectivity index (χ2n) is 8.26. The first-order valence-electron chi connectivity index (χ1n) is 10.7. The van der Waals surface area contributed by atoms with Crippen LogP contribution in [0.5, 0.6) is 11.5 Å². The van der Waals surface area contributed by atoms with Gasteiger partial charge in [-0.25, -0.2) is 0 Å². The first-order valence-corrected chi connectivity index (χ1v) is 11.7. The molecular formula is C24H22N2O6S. The van der Waals surface area contributed by atoms with Gasteiger partial charge in [0.15, 0.2) is 17.3 Å². The van der Waals surface area contributed by atoms with Gasteiger partial charge in [-0.2, -0.15) is 0 Å². The van der Waals surface area contributed by atoms with Crippen LogP contribution in [0.3, 0.4) is 0 Å². The highest BCUT2D eigenvalue weighted by Crippen LogP contribution is 2.39. The minimum absolute atomic E-state index is 0.0287. The molecule has 2 aromatic rings. The fraction of sp³-hybridized carbons (Fsp3) is 0.333. The van der Waals surface area contributed by atoms with Gasteiger partial charge in [0.2, 0.25) is 24.5 Å². The molecule has 2 aromatic carbocycles. The number of ether oxygens (including phenoxy) is 2. The van der Waals surface area contributed by atoms with Crippen LogP contribution in [0.4, 0.5) is 5.69 Å². The average Bonchev–Trinajstić information content (AvgIpc) is 3.36. The zero-order valence-electron chi connectivity index (χ0n) is 18.0. The summed E-state index contributed by atoms with van der Waals surface area (Å²) in [6.07, 6.45) is 0.923. The normalized spacial score (nSPS) is 21.7. The molecule has 0 bridgehead atoms. The largest absolute Gasteiger partial charge is 0.454 e. The molecule has 5 rings (SSSR count). The molecule has 1 fully saturated rings. The number of Topliss-reactive ketones (excluding diaryl/α,β-unsaturated/α-hetero) is 1. The number of anilines is 1. The first-order chi connectivity index (χ1) is 15.9. The van der Waals surface area contributed by atoms with Gasteiger partial charge in [-0.15, -0.1) is 11.8 Å². The number of likely N-dealkylation sites (tertiary alicyclic amines) is 1. The summed E-state index contributed by atoms with van der Waals surface area (Å²) >= 11 is 1.34. The summed E-state index contributed by atoms with van der Waals surface area (Å²) in [6, 6.07) is 10.6. The molecule has 9 heteroatoms. The van der Waals surface area contributed by atoms with Crippen molar-refractivity contribution in [2.75, 3.05) is 12.1 Å². The molecule has 170 valence electrons. The van der Waals surface area contributed by atoms with E-state index in [4.69, 9.17) is 9.47 Å². The number of ketones is 1. The molecule has 0 saturated carbocycles. The Labute approximate surface area is 194 Å². The number of carbonyl (C=O) groups excluding carboxylic acids is 4. The molecule has 3 aliphatic rings. The smallest absolute Gasteiger partial charge is 0.237 e. The zero-order valence-corrected chi connectivity index (χ0v) is 18.8. The summed E-state index contributed by atoms with van der Waals surface area (Å²) in [7, 11) is 0. The predicted molar refractivity (Wildman–Crippen MR) is 121 cm³/mol. The molecule has 1 saturated heterocycles. The molecule has 0 aliphatic carbocycles. The monoisotopic (exact) mass is 466 g/mol. The van der Waals surface area contributed by atoms with Crippen LogP contribution in [0.15, 0.2) is 36.4 Å². The number of hydrogen-bond acceptors (Lipinski definition) is 7. The van der Waals surface area contributed by atoms with Crippen molar-refractivity contribution in [3.05, 3.63) is 53.1 Å². The third-order valence-electron chi connectivity index (χ3n) is 6.02. The van der Waals surface area contributed by atoms with E-state index in [9.17, 15) is 19.2 Å². The summed E-state index contributed by atoms with van der Waals surface area (Å²) in [6.45, 7) is 2.16. The van der Waals surface area contributed by atoms with Crippen LogP contribution in [-0.2, 0) is 27.3 Å². The Balaban J connectivity index is 1.29. The lowest BCUT2D eigenvalue weighted by Crippen LogP contribution is -2.29. The van der Waals surface area contributed by atoms with Crippen molar-refractivity contribution >= 4 is 41.0 Å². The number of imide groups is 1. The van der Waals surface area contributed by atoms with Crippen LogP contribution in [0.1, 0.15) is 41.3 Å². The maximum absolute atomic E-state index is 13.1. The Bertz CT molecular complexity index is 1150. The van der Waals surface area contributed by atoms with Gasteiger partial charge in [-0.3, -0.25) is 24.1 Å². The van der Waals surface area contributed by atoms with Crippen LogP contribution in [0.2, 0.25) is 0 Å². The topological polar surface area (TPSA) is 102 Å². The quantitative estimate of drug-likeness (QED) is 0.691. The Kier molecular flexibility index (Phi) is 5.57. The molecule has 3 amide bonds. The maximum Gasteiger partial charge on any atom is 0.237 e. The molecule has 3 heterocycles. The molecule has 0 aromatic heterocycles. The predicted octanol–water partition coefficient (Wildman–Crippen LogP) is 2.93. The van der Waals surface area contributed by atoms with E-state index in [1.165, 1.54) is 16.7 Å². The molecular weight excluding hydrogens is 444 g/mol. The van der Waals surface area contributed by atoms with Crippen LogP contribution in [0, 0.1) is 0 Å². The van der Waals surface area contributed by atoms with E-state index in [0.29, 0.717) is 29.2 Å². The van der Waals surface area contributed by atoms with Gasteiger partial charge in [0, 0.05) is 24.1 Å².